The molecule has 0 saturated carbocycles. The molecule has 0 aliphatic carbocycles. The molecule has 118 valence electrons. The van der Waals surface area contributed by atoms with E-state index in [2.05, 4.69) is 41.8 Å². The summed E-state index contributed by atoms with van der Waals surface area (Å²) in [6.07, 6.45) is 4.25. The Morgan fingerprint density at radius 1 is 1.33 bits per heavy atom. The smallest absolute Gasteiger partial charge is 0.240 e. The summed E-state index contributed by atoms with van der Waals surface area (Å²) in [6, 6.07) is 8.55. The van der Waals surface area contributed by atoms with E-state index in [0.717, 1.165) is 37.8 Å². The zero-order valence-corrected chi connectivity index (χ0v) is 14.1. The molecule has 0 aromatic heterocycles. The highest BCUT2D eigenvalue weighted by molar-refractivity contribution is 5.86. The number of piperidine rings is 1. The molecular formula is C17H27ClN2O. The van der Waals surface area contributed by atoms with E-state index in [1.54, 1.807) is 0 Å². The fourth-order valence-electron chi connectivity index (χ4n) is 2.73. The highest BCUT2D eigenvalue weighted by Crippen LogP contribution is 2.21. The number of halogens is 1. The van der Waals surface area contributed by atoms with Crippen LogP contribution in [0.1, 0.15) is 57.2 Å². The maximum Gasteiger partial charge on any atom is 0.240 e. The van der Waals surface area contributed by atoms with Gasteiger partial charge in [-0.1, -0.05) is 31.2 Å². The van der Waals surface area contributed by atoms with Gasteiger partial charge in [-0.25, -0.2) is 0 Å². The summed E-state index contributed by atoms with van der Waals surface area (Å²) in [6.45, 7) is 7.14. The van der Waals surface area contributed by atoms with Gasteiger partial charge in [0, 0.05) is 0 Å². The van der Waals surface area contributed by atoms with E-state index < -0.39 is 5.54 Å². The van der Waals surface area contributed by atoms with E-state index in [1.807, 2.05) is 13.8 Å². The van der Waals surface area contributed by atoms with Crippen LogP contribution >= 0.6 is 12.4 Å². The molecule has 1 aliphatic heterocycles. The second-order valence-electron chi connectivity index (χ2n) is 6.01. The first-order valence-electron chi connectivity index (χ1n) is 7.70. The summed E-state index contributed by atoms with van der Waals surface area (Å²) in [4.78, 5) is 12.5. The molecule has 3 nitrogen and oxygen atoms in total. The number of benzene rings is 1. The van der Waals surface area contributed by atoms with Gasteiger partial charge >= 0.3 is 0 Å². The lowest BCUT2D eigenvalue weighted by atomic mass is 9.89. The van der Waals surface area contributed by atoms with Crippen LogP contribution in [0.2, 0.25) is 0 Å². The lowest BCUT2D eigenvalue weighted by molar-refractivity contribution is -0.128. The van der Waals surface area contributed by atoms with Gasteiger partial charge < -0.3 is 10.6 Å². The van der Waals surface area contributed by atoms with Gasteiger partial charge in [-0.05, 0) is 57.2 Å². The minimum atomic E-state index is -0.407. The highest BCUT2D eigenvalue weighted by Gasteiger charge is 2.34. The summed E-state index contributed by atoms with van der Waals surface area (Å²) in [5, 5.41) is 6.50. The second-order valence-corrected chi connectivity index (χ2v) is 6.01. The highest BCUT2D eigenvalue weighted by atomic mass is 35.5. The Bertz CT molecular complexity index is 452. The second kappa shape index (κ2) is 7.81. The summed E-state index contributed by atoms with van der Waals surface area (Å²) >= 11 is 0. The van der Waals surface area contributed by atoms with Crippen molar-refractivity contribution in [2.75, 3.05) is 6.54 Å². The van der Waals surface area contributed by atoms with Crippen LogP contribution in [0.3, 0.4) is 0 Å². The fourth-order valence-corrected chi connectivity index (χ4v) is 2.73. The third-order valence-electron chi connectivity index (χ3n) is 4.36. The molecule has 0 radical (unpaired) electrons. The quantitative estimate of drug-likeness (QED) is 0.895. The summed E-state index contributed by atoms with van der Waals surface area (Å²) in [5.41, 5.74) is 2.08. The predicted octanol–water partition coefficient (Wildman–Crippen LogP) is 3.38. The molecule has 1 heterocycles. The van der Waals surface area contributed by atoms with Crippen LogP contribution in [0.15, 0.2) is 24.3 Å². The summed E-state index contributed by atoms with van der Waals surface area (Å²) in [5.74, 6) is 0.115. The number of rotatable bonds is 4. The summed E-state index contributed by atoms with van der Waals surface area (Å²) in [7, 11) is 0. The Hall–Kier alpha value is -1.06. The average molecular weight is 311 g/mol. The Labute approximate surface area is 134 Å². The zero-order chi connectivity index (χ0) is 14.6. The Morgan fingerprint density at radius 2 is 2.00 bits per heavy atom. The first-order chi connectivity index (χ1) is 9.55. The lowest BCUT2D eigenvalue weighted by Gasteiger charge is -2.34. The monoisotopic (exact) mass is 310 g/mol. The van der Waals surface area contributed by atoms with E-state index in [9.17, 15) is 4.79 Å². The topological polar surface area (TPSA) is 41.1 Å². The van der Waals surface area contributed by atoms with Crippen molar-refractivity contribution >= 4 is 18.3 Å². The van der Waals surface area contributed by atoms with Crippen LogP contribution in [0, 0.1) is 0 Å². The Balaban J connectivity index is 0.00000220. The van der Waals surface area contributed by atoms with Crippen LogP contribution < -0.4 is 10.6 Å². The molecule has 1 aromatic rings. The van der Waals surface area contributed by atoms with Gasteiger partial charge in [0.25, 0.3) is 0 Å². The van der Waals surface area contributed by atoms with Gasteiger partial charge in [0.15, 0.2) is 0 Å². The third-order valence-corrected chi connectivity index (χ3v) is 4.36. The van der Waals surface area contributed by atoms with E-state index in [4.69, 9.17) is 0 Å². The first kappa shape index (κ1) is 18.0. The van der Waals surface area contributed by atoms with Gasteiger partial charge in [-0.3, -0.25) is 4.79 Å². The first-order valence-corrected chi connectivity index (χ1v) is 7.70. The van der Waals surface area contributed by atoms with Gasteiger partial charge in [0.1, 0.15) is 0 Å². The van der Waals surface area contributed by atoms with Crippen LogP contribution in [0.4, 0.5) is 0 Å². The third kappa shape index (κ3) is 4.45. The molecule has 2 N–H and O–H groups in total. The van der Waals surface area contributed by atoms with Crippen LogP contribution in [-0.2, 0) is 11.2 Å². The van der Waals surface area contributed by atoms with Gasteiger partial charge in [0.05, 0.1) is 11.6 Å². The van der Waals surface area contributed by atoms with Crippen molar-refractivity contribution in [2.45, 2.75) is 58.0 Å². The zero-order valence-electron chi connectivity index (χ0n) is 13.2. The molecular weight excluding hydrogens is 284 g/mol. The van der Waals surface area contributed by atoms with Crippen molar-refractivity contribution in [3.8, 4) is 0 Å². The van der Waals surface area contributed by atoms with Crippen molar-refractivity contribution in [3.63, 3.8) is 0 Å². The van der Waals surface area contributed by atoms with E-state index in [1.165, 1.54) is 5.56 Å². The minimum Gasteiger partial charge on any atom is -0.348 e. The average Bonchev–Trinajstić information content (AvgIpc) is 2.48. The predicted molar refractivity (Wildman–Crippen MR) is 89.9 cm³/mol. The molecule has 1 fully saturated rings. The lowest BCUT2D eigenvalue weighted by Crippen LogP contribution is -2.57. The number of aryl methyl sites for hydroxylation is 1. The number of carbonyl (C=O) groups excluding carboxylic acids is 1. The molecule has 2 rings (SSSR count). The summed E-state index contributed by atoms with van der Waals surface area (Å²) < 4.78 is 0. The van der Waals surface area contributed by atoms with E-state index in [0.29, 0.717) is 0 Å². The van der Waals surface area contributed by atoms with Gasteiger partial charge in [-0.2, -0.15) is 0 Å². The number of carbonyl (C=O) groups is 1. The largest absolute Gasteiger partial charge is 0.348 e. The number of hydrogen-bond acceptors (Lipinski definition) is 2. The maximum absolute atomic E-state index is 12.5. The van der Waals surface area contributed by atoms with Crippen LogP contribution in [0.5, 0.6) is 0 Å². The standard InChI is InChI=1S/C17H26N2O.ClH/c1-4-14-7-9-15(10-8-14)13(2)19-16(20)17(3)11-5-6-12-18-17;/h7-10,13,18H,4-6,11-12H2,1-3H3,(H,19,20);1H. The maximum atomic E-state index is 12.5. The van der Waals surface area contributed by atoms with Crippen molar-refractivity contribution in [3.05, 3.63) is 35.4 Å². The molecule has 1 amide bonds. The fraction of sp³-hybridized carbons (Fsp3) is 0.588. The molecule has 0 spiro atoms. The van der Waals surface area contributed by atoms with Crippen molar-refractivity contribution in [1.29, 1.82) is 0 Å². The van der Waals surface area contributed by atoms with Crippen molar-refractivity contribution < 1.29 is 4.79 Å². The molecule has 4 heteroatoms. The molecule has 21 heavy (non-hydrogen) atoms. The van der Waals surface area contributed by atoms with Crippen LogP contribution in [0.25, 0.3) is 0 Å². The van der Waals surface area contributed by atoms with E-state index >= 15 is 0 Å². The van der Waals surface area contributed by atoms with Crippen molar-refractivity contribution in [1.82, 2.24) is 10.6 Å². The molecule has 2 atom stereocenters. The molecule has 1 saturated heterocycles. The van der Waals surface area contributed by atoms with Crippen LogP contribution in [-0.4, -0.2) is 18.0 Å². The molecule has 1 aromatic carbocycles. The van der Waals surface area contributed by atoms with Gasteiger partial charge in [0.2, 0.25) is 5.91 Å². The number of nitrogens with one attached hydrogen (secondary N) is 2. The normalized spacial score (nSPS) is 23.0. The Morgan fingerprint density at radius 3 is 2.52 bits per heavy atom. The number of amides is 1. The molecule has 2 unspecified atom stereocenters. The SMILES string of the molecule is CCc1ccc(C(C)NC(=O)C2(C)CCCCN2)cc1.Cl. The van der Waals surface area contributed by atoms with Crippen molar-refractivity contribution in [2.24, 2.45) is 0 Å². The molecule has 0 bridgehead atoms. The van der Waals surface area contributed by atoms with Gasteiger partial charge in [-0.15, -0.1) is 12.4 Å². The minimum absolute atomic E-state index is 0. The van der Waals surface area contributed by atoms with E-state index in [-0.39, 0.29) is 24.4 Å². The molecule has 1 aliphatic rings. The Kier molecular flexibility index (Phi) is 6.69. The number of hydrogen-bond donors (Lipinski definition) is 2.